The Morgan fingerprint density at radius 1 is 1.25 bits per heavy atom. The smallest absolute Gasteiger partial charge is 0.142 e. The predicted molar refractivity (Wildman–Crippen MR) is 60.1 cm³/mol. The quantitative estimate of drug-likeness (QED) is 0.837. The molecule has 0 fully saturated rings. The standard InChI is InChI=1S/C12H12FN3/c1-8-5-11(16-12(7-14)15-8)9-3-2-4-10(13)6-9/h2-6H,7,14H2,1H3. The van der Waals surface area contributed by atoms with Gasteiger partial charge in [0.05, 0.1) is 12.2 Å². The van der Waals surface area contributed by atoms with E-state index in [2.05, 4.69) is 9.97 Å². The van der Waals surface area contributed by atoms with Crippen LogP contribution in [0, 0.1) is 12.7 Å². The summed E-state index contributed by atoms with van der Waals surface area (Å²) in [5.74, 6) is 0.294. The van der Waals surface area contributed by atoms with Crippen molar-refractivity contribution >= 4 is 0 Å². The minimum absolute atomic E-state index is 0.275. The summed E-state index contributed by atoms with van der Waals surface area (Å²) >= 11 is 0. The van der Waals surface area contributed by atoms with Crippen LogP contribution in [0.5, 0.6) is 0 Å². The average molecular weight is 217 g/mol. The molecule has 1 aromatic carbocycles. The van der Waals surface area contributed by atoms with Crippen molar-refractivity contribution in [2.45, 2.75) is 13.5 Å². The fraction of sp³-hybridized carbons (Fsp3) is 0.167. The Kier molecular flexibility index (Phi) is 2.92. The average Bonchev–Trinajstić information content (AvgIpc) is 2.28. The molecule has 0 bridgehead atoms. The number of nitrogens with two attached hydrogens (primary N) is 1. The highest BCUT2D eigenvalue weighted by Crippen LogP contribution is 2.18. The molecule has 82 valence electrons. The minimum Gasteiger partial charge on any atom is -0.324 e. The van der Waals surface area contributed by atoms with E-state index in [1.807, 2.05) is 19.1 Å². The Bertz CT molecular complexity index is 511. The molecular formula is C12H12FN3. The van der Waals surface area contributed by atoms with Crippen LogP contribution in [-0.4, -0.2) is 9.97 Å². The van der Waals surface area contributed by atoms with Gasteiger partial charge in [0, 0.05) is 11.3 Å². The number of rotatable bonds is 2. The molecule has 1 heterocycles. The molecule has 2 aromatic rings. The van der Waals surface area contributed by atoms with Crippen LogP contribution in [0.25, 0.3) is 11.3 Å². The van der Waals surface area contributed by atoms with Gasteiger partial charge in [-0.05, 0) is 25.1 Å². The summed E-state index contributed by atoms with van der Waals surface area (Å²) in [6.07, 6.45) is 0. The third-order valence-corrected chi connectivity index (χ3v) is 2.20. The summed E-state index contributed by atoms with van der Waals surface area (Å²) in [7, 11) is 0. The normalized spacial score (nSPS) is 10.4. The van der Waals surface area contributed by atoms with Gasteiger partial charge >= 0.3 is 0 Å². The maximum Gasteiger partial charge on any atom is 0.142 e. The van der Waals surface area contributed by atoms with Crippen molar-refractivity contribution in [3.8, 4) is 11.3 Å². The number of aryl methyl sites for hydroxylation is 1. The fourth-order valence-electron chi connectivity index (χ4n) is 1.52. The summed E-state index contributed by atoms with van der Waals surface area (Å²) in [6, 6.07) is 8.13. The highest BCUT2D eigenvalue weighted by Gasteiger charge is 2.04. The topological polar surface area (TPSA) is 51.8 Å². The van der Waals surface area contributed by atoms with Gasteiger partial charge in [-0.2, -0.15) is 0 Å². The molecule has 4 heteroatoms. The zero-order valence-electron chi connectivity index (χ0n) is 8.94. The Hall–Kier alpha value is -1.81. The maximum atomic E-state index is 13.1. The number of aromatic nitrogens is 2. The van der Waals surface area contributed by atoms with Crippen LogP contribution in [0.15, 0.2) is 30.3 Å². The lowest BCUT2D eigenvalue weighted by Gasteiger charge is -2.04. The number of nitrogens with zero attached hydrogens (tertiary/aromatic N) is 2. The van der Waals surface area contributed by atoms with Gasteiger partial charge in [0.2, 0.25) is 0 Å². The van der Waals surface area contributed by atoms with Crippen LogP contribution in [0.3, 0.4) is 0 Å². The first-order chi connectivity index (χ1) is 7.69. The molecule has 0 amide bonds. The van der Waals surface area contributed by atoms with Crippen LogP contribution in [0.1, 0.15) is 11.5 Å². The second-order valence-corrected chi connectivity index (χ2v) is 3.53. The van der Waals surface area contributed by atoms with Crippen LogP contribution in [0.2, 0.25) is 0 Å². The summed E-state index contributed by atoms with van der Waals surface area (Å²) < 4.78 is 13.1. The molecule has 3 nitrogen and oxygen atoms in total. The molecule has 2 N–H and O–H groups in total. The van der Waals surface area contributed by atoms with Crippen molar-refractivity contribution in [3.63, 3.8) is 0 Å². The second-order valence-electron chi connectivity index (χ2n) is 3.53. The van der Waals surface area contributed by atoms with E-state index in [0.29, 0.717) is 11.5 Å². The minimum atomic E-state index is -0.275. The van der Waals surface area contributed by atoms with Gasteiger partial charge in [0.15, 0.2) is 0 Å². The molecule has 0 radical (unpaired) electrons. The van der Waals surface area contributed by atoms with Gasteiger partial charge in [0.25, 0.3) is 0 Å². The van der Waals surface area contributed by atoms with Gasteiger partial charge in [-0.15, -0.1) is 0 Å². The van der Waals surface area contributed by atoms with E-state index < -0.39 is 0 Å². The lowest BCUT2D eigenvalue weighted by atomic mass is 10.1. The largest absolute Gasteiger partial charge is 0.324 e. The molecule has 0 spiro atoms. The van der Waals surface area contributed by atoms with E-state index in [4.69, 9.17) is 5.73 Å². The van der Waals surface area contributed by atoms with Crippen LogP contribution in [0.4, 0.5) is 4.39 Å². The maximum absolute atomic E-state index is 13.1. The highest BCUT2D eigenvalue weighted by molar-refractivity contribution is 5.59. The Labute approximate surface area is 93.2 Å². The molecule has 0 aliphatic rings. The van der Waals surface area contributed by atoms with Gasteiger partial charge in [0.1, 0.15) is 11.6 Å². The highest BCUT2D eigenvalue weighted by atomic mass is 19.1. The number of hydrogen-bond acceptors (Lipinski definition) is 3. The second kappa shape index (κ2) is 4.37. The van der Waals surface area contributed by atoms with Crippen LogP contribution in [-0.2, 0) is 6.54 Å². The van der Waals surface area contributed by atoms with Crippen molar-refractivity contribution in [1.82, 2.24) is 9.97 Å². The SMILES string of the molecule is Cc1cc(-c2cccc(F)c2)nc(CN)n1. The van der Waals surface area contributed by atoms with Crippen LogP contribution >= 0.6 is 0 Å². The van der Waals surface area contributed by atoms with E-state index in [-0.39, 0.29) is 12.4 Å². The molecular weight excluding hydrogens is 205 g/mol. The molecule has 1 aromatic heterocycles. The Morgan fingerprint density at radius 3 is 2.75 bits per heavy atom. The fourth-order valence-corrected chi connectivity index (χ4v) is 1.52. The summed E-state index contributed by atoms with van der Waals surface area (Å²) in [5.41, 5.74) is 7.76. The third-order valence-electron chi connectivity index (χ3n) is 2.20. The molecule has 2 rings (SSSR count). The summed E-state index contributed by atoms with van der Waals surface area (Å²) in [5, 5.41) is 0. The first-order valence-corrected chi connectivity index (χ1v) is 4.99. The van der Waals surface area contributed by atoms with Crippen LogP contribution < -0.4 is 5.73 Å². The summed E-state index contributed by atoms with van der Waals surface area (Å²) in [6.45, 7) is 2.15. The van der Waals surface area contributed by atoms with E-state index in [1.54, 1.807) is 6.07 Å². The van der Waals surface area contributed by atoms with Gasteiger partial charge in [-0.1, -0.05) is 12.1 Å². The number of halogens is 1. The number of hydrogen-bond donors (Lipinski definition) is 1. The number of benzene rings is 1. The van der Waals surface area contributed by atoms with E-state index in [0.717, 1.165) is 11.3 Å². The molecule has 0 saturated heterocycles. The lowest BCUT2D eigenvalue weighted by molar-refractivity contribution is 0.628. The van der Waals surface area contributed by atoms with Crippen molar-refractivity contribution in [1.29, 1.82) is 0 Å². The zero-order chi connectivity index (χ0) is 11.5. The van der Waals surface area contributed by atoms with E-state index in [1.165, 1.54) is 12.1 Å². The first-order valence-electron chi connectivity index (χ1n) is 4.99. The first kappa shape index (κ1) is 10.7. The van der Waals surface area contributed by atoms with Gasteiger partial charge < -0.3 is 5.73 Å². The third kappa shape index (κ3) is 2.23. The Morgan fingerprint density at radius 2 is 2.06 bits per heavy atom. The van der Waals surface area contributed by atoms with E-state index >= 15 is 0 Å². The lowest BCUT2D eigenvalue weighted by Crippen LogP contribution is -2.05. The Balaban J connectivity index is 2.51. The molecule has 0 unspecified atom stereocenters. The van der Waals surface area contributed by atoms with Gasteiger partial charge in [-0.25, -0.2) is 14.4 Å². The summed E-state index contributed by atoms with van der Waals surface area (Å²) in [4.78, 5) is 8.43. The zero-order valence-corrected chi connectivity index (χ0v) is 8.94. The molecule has 16 heavy (non-hydrogen) atoms. The molecule has 0 aliphatic carbocycles. The van der Waals surface area contributed by atoms with Crippen molar-refractivity contribution in [2.24, 2.45) is 5.73 Å². The predicted octanol–water partition coefficient (Wildman–Crippen LogP) is 2.05. The molecule has 0 atom stereocenters. The molecule has 0 aliphatic heterocycles. The van der Waals surface area contributed by atoms with Gasteiger partial charge in [-0.3, -0.25) is 0 Å². The van der Waals surface area contributed by atoms with E-state index in [9.17, 15) is 4.39 Å². The van der Waals surface area contributed by atoms with Crippen molar-refractivity contribution in [2.75, 3.05) is 0 Å². The van der Waals surface area contributed by atoms with Crippen molar-refractivity contribution < 1.29 is 4.39 Å². The monoisotopic (exact) mass is 217 g/mol. The molecule has 0 saturated carbocycles. The van der Waals surface area contributed by atoms with Crippen molar-refractivity contribution in [3.05, 3.63) is 47.7 Å².